The molecule has 0 unspecified atom stereocenters. The zero-order valence-electron chi connectivity index (χ0n) is 9.86. The molecule has 0 aliphatic rings. The Morgan fingerprint density at radius 1 is 1.21 bits per heavy atom. The van der Waals surface area contributed by atoms with E-state index in [0.717, 1.165) is 0 Å². The van der Waals surface area contributed by atoms with Gasteiger partial charge in [-0.15, -0.1) is 0 Å². The van der Waals surface area contributed by atoms with Crippen LogP contribution in [0.2, 0.25) is 0 Å². The monoisotopic (exact) mass is 260 g/mol. The molecule has 0 aliphatic heterocycles. The minimum absolute atomic E-state index is 0.0320. The van der Waals surface area contributed by atoms with Crippen molar-refractivity contribution in [2.24, 2.45) is 0 Å². The molecule has 2 aromatic carbocycles. The van der Waals surface area contributed by atoms with Gasteiger partial charge in [-0.2, -0.15) is 5.26 Å². The van der Waals surface area contributed by atoms with Crippen LogP contribution in [-0.2, 0) is 6.61 Å². The quantitative estimate of drug-likeness (QED) is 0.863. The van der Waals surface area contributed by atoms with Gasteiger partial charge in [-0.05, 0) is 24.3 Å². The Balaban J connectivity index is 2.20. The summed E-state index contributed by atoms with van der Waals surface area (Å²) < 4.78 is 31.6. The first-order valence-corrected chi connectivity index (χ1v) is 5.47. The molecule has 2 N–H and O–H groups in total. The first-order valence-electron chi connectivity index (χ1n) is 5.47. The summed E-state index contributed by atoms with van der Waals surface area (Å²) in [6, 6.07) is 9.76. The molecule has 0 saturated carbocycles. The van der Waals surface area contributed by atoms with Crippen molar-refractivity contribution in [3.8, 4) is 11.8 Å². The molecule has 0 heterocycles. The Bertz CT molecular complexity index is 650. The van der Waals surface area contributed by atoms with Crippen LogP contribution in [0.15, 0.2) is 36.4 Å². The van der Waals surface area contributed by atoms with Crippen LogP contribution in [0.1, 0.15) is 11.1 Å². The summed E-state index contributed by atoms with van der Waals surface area (Å²) in [5.74, 6) is -0.956. The molecule has 0 saturated heterocycles. The Morgan fingerprint density at radius 2 is 2.00 bits per heavy atom. The van der Waals surface area contributed by atoms with Crippen molar-refractivity contribution in [2.45, 2.75) is 6.61 Å². The number of ether oxygens (including phenoxy) is 1. The summed E-state index contributed by atoms with van der Waals surface area (Å²) in [6.45, 7) is 0.0320. The van der Waals surface area contributed by atoms with Gasteiger partial charge in [0.25, 0.3) is 0 Å². The molecule has 2 rings (SSSR count). The van der Waals surface area contributed by atoms with E-state index in [9.17, 15) is 8.78 Å². The summed E-state index contributed by atoms with van der Waals surface area (Å²) in [4.78, 5) is 0. The number of nitrogen functional groups attached to an aromatic ring is 1. The van der Waals surface area contributed by atoms with Crippen LogP contribution < -0.4 is 10.5 Å². The normalized spacial score (nSPS) is 9.95. The van der Waals surface area contributed by atoms with Gasteiger partial charge in [0.15, 0.2) is 0 Å². The lowest BCUT2D eigenvalue weighted by Gasteiger charge is -2.10. The molecule has 0 radical (unpaired) electrons. The Hall–Kier alpha value is -2.61. The van der Waals surface area contributed by atoms with Crippen LogP contribution in [0.4, 0.5) is 14.5 Å². The van der Waals surface area contributed by atoms with Gasteiger partial charge in [-0.25, -0.2) is 8.78 Å². The SMILES string of the molecule is N#Cc1c(F)cccc1OCc1ccc(F)cc1N. The highest BCUT2D eigenvalue weighted by Gasteiger charge is 2.09. The van der Waals surface area contributed by atoms with Gasteiger partial charge in [-0.1, -0.05) is 12.1 Å². The van der Waals surface area contributed by atoms with Crippen molar-refractivity contribution in [3.05, 3.63) is 59.2 Å². The molecule has 0 spiro atoms. The first-order chi connectivity index (χ1) is 9.11. The van der Waals surface area contributed by atoms with Crippen molar-refractivity contribution in [1.29, 1.82) is 5.26 Å². The van der Waals surface area contributed by atoms with E-state index in [4.69, 9.17) is 15.7 Å². The topological polar surface area (TPSA) is 59.0 Å². The third-order valence-electron chi connectivity index (χ3n) is 2.58. The van der Waals surface area contributed by atoms with Gasteiger partial charge < -0.3 is 10.5 Å². The smallest absolute Gasteiger partial charge is 0.144 e. The van der Waals surface area contributed by atoms with E-state index in [1.165, 1.54) is 36.4 Å². The summed E-state index contributed by atoms with van der Waals surface area (Å²) in [6.07, 6.45) is 0. The number of nitrogens with zero attached hydrogens (tertiary/aromatic N) is 1. The van der Waals surface area contributed by atoms with Crippen LogP contribution in [0.3, 0.4) is 0 Å². The Labute approximate surface area is 108 Å². The molecule has 3 nitrogen and oxygen atoms in total. The fourth-order valence-corrected chi connectivity index (χ4v) is 1.59. The summed E-state index contributed by atoms with van der Waals surface area (Å²) >= 11 is 0. The van der Waals surface area contributed by atoms with E-state index in [0.29, 0.717) is 5.56 Å². The molecule has 0 fully saturated rings. The van der Waals surface area contributed by atoms with Gasteiger partial charge in [-0.3, -0.25) is 0 Å². The largest absolute Gasteiger partial charge is 0.487 e. The van der Waals surface area contributed by atoms with Crippen LogP contribution in [0, 0.1) is 23.0 Å². The molecule has 0 amide bonds. The second-order valence-electron chi connectivity index (χ2n) is 3.86. The molecule has 0 atom stereocenters. The number of nitrogens with two attached hydrogens (primary N) is 1. The van der Waals surface area contributed by atoms with Gasteiger partial charge in [0, 0.05) is 11.3 Å². The number of hydrogen-bond acceptors (Lipinski definition) is 3. The van der Waals surface area contributed by atoms with E-state index in [1.807, 2.05) is 0 Å². The number of nitriles is 1. The third-order valence-corrected chi connectivity index (χ3v) is 2.58. The number of hydrogen-bond donors (Lipinski definition) is 1. The number of halogens is 2. The first kappa shape index (κ1) is 12.8. The molecule has 19 heavy (non-hydrogen) atoms. The number of rotatable bonds is 3. The van der Waals surface area contributed by atoms with Crippen LogP contribution in [0.25, 0.3) is 0 Å². The molecular formula is C14H10F2N2O. The number of anilines is 1. The zero-order chi connectivity index (χ0) is 13.8. The highest BCUT2D eigenvalue weighted by molar-refractivity contribution is 5.48. The second kappa shape index (κ2) is 5.36. The molecule has 0 aliphatic carbocycles. The fourth-order valence-electron chi connectivity index (χ4n) is 1.59. The lowest BCUT2D eigenvalue weighted by molar-refractivity contribution is 0.304. The lowest BCUT2D eigenvalue weighted by Crippen LogP contribution is -2.02. The minimum atomic E-state index is -0.646. The molecular weight excluding hydrogens is 250 g/mol. The third kappa shape index (κ3) is 2.80. The molecule has 0 bridgehead atoms. The molecule has 2 aromatic rings. The van der Waals surface area contributed by atoms with Gasteiger partial charge in [0.1, 0.15) is 35.6 Å². The maximum absolute atomic E-state index is 13.3. The predicted octanol–water partition coefficient (Wildman–Crippen LogP) is 3.00. The van der Waals surface area contributed by atoms with Crippen LogP contribution in [-0.4, -0.2) is 0 Å². The zero-order valence-corrected chi connectivity index (χ0v) is 9.86. The van der Waals surface area contributed by atoms with Crippen molar-refractivity contribution >= 4 is 5.69 Å². The van der Waals surface area contributed by atoms with Crippen molar-refractivity contribution in [2.75, 3.05) is 5.73 Å². The van der Waals surface area contributed by atoms with Crippen molar-refractivity contribution in [1.82, 2.24) is 0 Å². The molecule has 0 aromatic heterocycles. The highest BCUT2D eigenvalue weighted by Crippen LogP contribution is 2.22. The molecule has 96 valence electrons. The lowest BCUT2D eigenvalue weighted by atomic mass is 10.2. The van der Waals surface area contributed by atoms with Crippen LogP contribution in [0.5, 0.6) is 5.75 Å². The van der Waals surface area contributed by atoms with E-state index in [-0.39, 0.29) is 23.6 Å². The average molecular weight is 260 g/mol. The standard InChI is InChI=1S/C14H10F2N2O/c15-10-5-4-9(13(18)6-10)8-19-14-3-1-2-12(16)11(14)7-17/h1-6H,8,18H2. The van der Waals surface area contributed by atoms with Crippen molar-refractivity contribution < 1.29 is 13.5 Å². The summed E-state index contributed by atoms with van der Waals surface area (Å²) in [5, 5.41) is 8.84. The summed E-state index contributed by atoms with van der Waals surface area (Å²) in [5.41, 5.74) is 6.27. The maximum Gasteiger partial charge on any atom is 0.144 e. The predicted molar refractivity (Wildman–Crippen MR) is 66.3 cm³/mol. The maximum atomic E-state index is 13.3. The Morgan fingerprint density at radius 3 is 2.68 bits per heavy atom. The van der Waals surface area contributed by atoms with Gasteiger partial charge in [0.05, 0.1) is 0 Å². The highest BCUT2D eigenvalue weighted by atomic mass is 19.1. The summed E-state index contributed by atoms with van der Waals surface area (Å²) in [7, 11) is 0. The van der Waals surface area contributed by atoms with E-state index in [1.54, 1.807) is 6.07 Å². The fraction of sp³-hybridized carbons (Fsp3) is 0.0714. The molecule has 5 heteroatoms. The van der Waals surface area contributed by atoms with Crippen molar-refractivity contribution in [3.63, 3.8) is 0 Å². The van der Waals surface area contributed by atoms with E-state index >= 15 is 0 Å². The van der Waals surface area contributed by atoms with Gasteiger partial charge in [0.2, 0.25) is 0 Å². The average Bonchev–Trinajstić information content (AvgIpc) is 2.38. The second-order valence-corrected chi connectivity index (χ2v) is 3.86. The van der Waals surface area contributed by atoms with E-state index < -0.39 is 11.6 Å². The van der Waals surface area contributed by atoms with Gasteiger partial charge >= 0.3 is 0 Å². The Kier molecular flexibility index (Phi) is 3.62. The van der Waals surface area contributed by atoms with Crippen LogP contribution >= 0.6 is 0 Å². The number of benzene rings is 2. The van der Waals surface area contributed by atoms with E-state index in [2.05, 4.69) is 0 Å². The minimum Gasteiger partial charge on any atom is -0.487 e.